The number of nitrogens with zero attached hydrogens (tertiary/aromatic N) is 3. The molecule has 43 heavy (non-hydrogen) atoms. The SMILES string of the molecule is COc1ccc2c(O[C@@H]3C[C@H]4C(=O)NC5(C(=O)O)C[C@H]5CCCCCCN(C)C(=O)[C@@H]4C3)nc(-c3ccccc3)nc2c1. The molecule has 1 aliphatic heterocycles. The van der Waals surface area contributed by atoms with Crippen molar-refractivity contribution in [2.24, 2.45) is 17.8 Å². The molecule has 1 unspecified atom stereocenters. The molecule has 1 saturated heterocycles. The van der Waals surface area contributed by atoms with Gasteiger partial charge in [0.2, 0.25) is 17.7 Å². The van der Waals surface area contributed by atoms with Crippen molar-refractivity contribution in [3.05, 3.63) is 48.5 Å². The van der Waals surface area contributed by atoms with Gasteiger partial charge in [0.05, 0.1) is 29.8 Å². The fourth-order valence-corrected chi connectivity index (χ4v) is 6.77. The van der Waals surface area contributed by atoms with E-state index in [9.17, 15) is 19.5 Å². The van der Waals surface area contributed by atoms with E-state index in [1.807, 2.05) is 48.5 Å². The van der Waals surface area contributed by atoms with Crippen molar-refractivity contribution in [3.63, 3.8) is 0 Å². The minimum atomic E-state index is -1.24. The molecule has 10 heteroatoms. The molecule has 6 rings (SSSR count). The fraction of sp³-hybridized carbons (Fsp3) is 0.485. The van der Waals surface area contributed by atoms with E-state index in [-0.39, 0.29) is 24.2 Å². The van der Waals surface area contributed by atoms with Crippen molar-refractivity contribution in [2.45, 2.75) is 63.0 Å². The van der Waals surface area contributed by atoms with Gasteiger partial charge >= 0.3 is 5.97 Å². The van der Waals surface area contributed by atoms with Gasteiger partial charge in [0.1, 0.15) is 17.4 Å². The van der Waals surface area contributed by atoms with Crippen molar-refractivity contribution < 1.29 is 29.0 Å². The van der Waals surface area contributed by atoms with Crippen LogP contribution in [0.5, 0.6) is 11.6 Å². The quantitative estimate of drug-likeness (QED) is 0.448. The molecule has 226 valence electrons. The summed E-state index contributed by atoms with van der Waals surface area (Å²) in [5.41, 5.74) is 0.230. The Morgan fingerprint density at radius 2 is 1.79 bits per heavy atom. The maximum atomic E-state index is 13.7. The van der Waals surface area contributed by atoms with Crippen LogP contribution in [0.4, 0.5) is 0 Å². The van der Waals surface area contributed by atoms with Gasteiger partial charge < -0.3 is 24.8 Å². The van der Waals surface area contributed by atoms with Gasteiger partial charge in [-0.1, -0.05) is 49.6 Å². The minimum Gasteiger partial charge on any atom is -0.497 e. The second-order valence-corrected chi connectivity index (χ2v) is 12.2. The van der Waals surface area contributed by atoms with Crippen LogP contribution in [-0.2, 0) is 14.4 Å². The van der Waals surface area contributed by atoms with E-state index in [2.05, 4.69) is 5.32 Å². The Morgan fingerprint density at radius 3 is 2.56 bits per heavy atom. The monoisotopic (exact) mass is 586 g/mol. The molecule has 3 fully saturated rings. The summed E-state index contributed by atoms with van der Waals surface area (Å²) in [6.07, 6.45) is 5.08. The number of ether oxygens (including phenoxy) is 2. The maximum absolute atomic E-state index is 13.7. The summed E-state index contributed by atoms with van der Waals surface area (Å²) in [6.45, 7) is 0.622. The Bertz CT molecular complexity index is 1530. The predicted octanol–water partition coefficient (Wildman–Crippen LogP) is 4.46. The third kappa shape index (κ3) is 5.75. The summed E-state index contributed by atoms with van der Waals surface area (Å²) in [6, 6.07) is 15.1. The minimum absolute atomic E-state index is 0.0806. The summed E-state index contributed by atoms with van der Waals surface area (Å²) in [5.74, 6) is -1.40. The number of benzene rings is 2. The van der Waals surface area contributed by atoms with Crippen LogP contribution in [0.1, 0.15) is 51.4 Å². The van der Waals surface area contributed by atoms with Gasteiger partial charge in [0.25, 0.3) is 0 Å². The number of hydrogen-bond acceptors (Lipinski definition) is 7. The Hall–Kier alpha value is -4.21. The van der Waals surface area contributed by atoms with Crippen molar-refractivity contribution in [1.29, 1.82) is 0 Å². The van der Waals surface area contributed by atoms with Gasteiger partial charge in [0, 0.05) is 25.2 Å². The van der Waals surface area contributed by atoms with Crippen LogP contribution in [0.15, 0.2) is 48.5 Å². The molecular weight excluding hydrogens is 548 g/mol. The molecule has 10 nitrogen and oxygen atoms in total. The van der Waals surface area contributed by atoms with Gasteiger partial charge in [-0.3, -0.25) is 9.59 Å². The smallest absolute Gasteiger partial charge is 0.329 e. The first kappa shape index (κ1) is 28.9. The van der Waals surface area contributed by atoms with E-state index in [0.29, 0.717) is 47.7 Å². The van der Waals surface area contributed by atoms with E-state index in [1.165, 1.54) is 0 Å². The topological polar surface area (TPSA) is 131 Å². The van der Waals surface area contributed by atoms with Gasteiger partial charge in [-0.05, 0) is 50.2 Å². The van der Waals surface area contributed by atoms with E-state index in [1.54, 1.807) is 19.1 Å². The highest BCUT2D eigenvalue weighted by Crippen LogP contribution is 2.48. The molecule has 2 N–H and O–H groups in total. The van der Waals surface area contributed by atoms with Crippen LogP contribution >= 0.6 is 0 Å². The highest BCUT2D eigenvalue weighted by Gasteiger charge is 2.62. The number of methoxy groups -OCH3 is 1. The Labute approximate surface area is 250 Å². The normalized spacial score (nSPS) is 27.9. The largest absolute Gasteiger partial charge is 0.497 e. The Kier molecular flexibility index (Phi) is 7.94. The number of rotatable bonds is 5. The lowest BCUT2D eigenvalue weighted by Gasteiger charge is -2.26. The molecule has 0 radical (unpaired) electrons. The van der Waals surface area contributed by atoms with Gasteiger partial charge in [-0.25, -0.2) is 9.78 Å². The van der Waals surface area contributed by atoms with Crippen LogP contribution in [-0.4, -0.2) is 70.1 Å². The van der Waals surface area contributed by atoms with Crippen LogP contribution < -0.4 is 14.8 Å². The second kappa shape index (κ2) is 11.8. The van der Waals surface area contributed by atoms with Gasteiger partial charge in [0.15, 0.2) is 5.82 Å². The Balaban J connectivity index is 1.32. The maximum Gasteiger partial charge on any atom is 0.329 e. The number of carboxylic acid groups (broad SMARTS) is 1. The van der Waals surface area contributed by atoms with E-state index in [4.69, 9.17) is 19.4 Å². The summed E-state index contributed by atoms with van der Waals surface area (Å²) >= 11 is 0. The number of aliphatic carboxylic acids is 1. The zero-order valence-corrected chi connectivity index (χ0v) is 24.6. The first-order valence-corrected chi connectivity index (χ1v) is 15.2. The molecule has 5 atom stereocenters. The lowest BCUT2D eigenvalue weighted by atomic mass is 9.92. The highest BCUT2D eigenvalue weighted by atomic mass is 16.5. The van der Waals surface area contributed by atoms with E-state index >= 15 is 0 Å². The van der Waals surface area contributed by atoms with Crippen LogP contribution in [0, 0.1) is 17.8 Å². The molecule has 3 aliphatic rings. The second-order valence-electron chi connectivity index (χ2n) is 12.2. The van der Waals surface area contributed by atoms with Crippen molar-refractivity contribution in [3.8, 4) is 23.0 Å². The first-order chi connectivity index (χ1) is 20.8. The summed E-state index contributed by atoms with van der Waals surface area (Å²) < 4.78 is 12.0. The van der Waals surface area contributed by atoms with Crippen LogP contribution in [0.3, 0.4) is 0 Å². The van der Waals surface area contributed by atoms with Crippen LogP contribution in [0.2, 0.25) is 0 Å². The lowest BCUT2D eigenvalue weighted by molar-refractivity contribution is -0.145. The number of carbonyl (C=O) groups excluding carboxylic acids is 2. The zero-order chi connectivity index (χ0) is 30.1. The first-order valence-electron chi connectivity index (χ1n) is 15.2. The van der Waals surface area contributed by atoms with E-state index in [0.717, 1.165) is 37.7 Å². The third-order valence-corrected chi connectivity index (χ3v) is 9.36. The lowest BCUT2D eigenvalue weighted by Crippen LogP contribution is -2.49. The third-order valence-electron chi connectivity index (χ3n) is 9.36. The number of carboxylic acids is 1. The van der Waals surface area contributed by atoms with Crippen molar-refractivity contribution in [1.82, 2.24) is 20.2 Å². The number of aromatic nitrogens is 2. The number of fused-ring (bicyclic) bond motifs is 3. The van der Waals surface area contributed by atoms with Crippen LogP contribution in [0.25, 0.3) is 22.3 Å². The molecule has 2 aliphatic carbocycles. The molecule has 1 aromatic heterocycles. The zero-order valence-electron chi connectivity index (χ0n) is 24.6. The fourth-order valence-electron chi connectivity index (χ4n) is 6.77. The predicted molar refractivity (Wildman–Crippen MR) is 159 cm³/mol. The standard InChI is InChI=1S/C33H38N4O6/c1-37-15-9-4-3-8-12-21-19-33(21,32(40)41)36-29(38)25-16-23(17-26(25)31(37)39)43-30-24-14-13-22(42-2)18-27(24)34-28(35-30)20-10-6-5-7-11-20/h5-7,10-11,13-14,18,21,23,25-26H,3-4,8-9,12,15-17,19H2,1-2H3,(H,36,38)(H,40,41)/t21-,23-,25-,26-,33?/m1/s1. The van der Waals surface area contributed by atoms with Gasteiger partial charge in [-0.2, -0.15) is 4.98 Å². The number of carbonyl (C=O) groups is 3. The average molecular weight is 587 g/mol. The molecule has 2 heterocycles. The molecule has 3 aromatic rings. The molecular formula is C33H38N4O6. The molecule has 0 spiro atoms. The molecule has 2 saturated carbocycles. The summed E-state index contributed by atoms with van der Waals surface area (Å²) in [5, 5.41) is 13.6. The molecule has 0 bridgehead atoms. The molecule has 2 amide bonds. The number of amides is 2. The highest BCUT2D eigenvalue weighted by molar-refractivity contribution is 5.94. The summed E-state index contributed by atoms with van der Waals surface area (Å²) in [7, 11) is 3.38. The number of hydrogen-bond donors (Lipinski definition) is 2. The molecule has 2 aromatic carbocycles. The number of nitrogens with one attached hydrogen (secondary N) is 1. The summed E-state index contributed by atoms with van der Waals surface area (Å²) in [4.78, 5) is 51.0. The van der Waals surface area contributed by atoms with Gasteiger partial charge in [-0.15, -0.1) is 0 Å². The van der Waals surface area contributed by atoms with Crippen molar-refractivity contribution >= 4 is 28.7 Å². The van der Waals surface area contributed by atoms with E-state index < -0.39 is 29.4 Å². The average Bonchev–Trinajstić information content (AvgIpc) is 3.55. The van der Waals surface area contributed by atoms with Crippen molar-refractivity contribution in [2.75, 3.05) is 20.7 Å². The Morgan fingerprint density at radius 1 is 1.02 bits per heavy atom.